The number of hydrogen-bond donors (Lipinski definition) is 0. The summed E-state index contributed by atoms with van der Waals surface area (Å²) in [4.78, 5) is 24.0. The number of hydrogen-bond acceptors (Lipinski definition) is 4. The van der Waals surface area contributed by atoms with E-state index in [4.69, 9.17) is 11.6 Å². The zero-order valence-corrected chi connectivity index (χ0v) is 17.1. The van der Waals surface area contributed by atoms with Crippen LogP contribution in [0.5, 0.6) is 0 Å². The molecule has 2 saturated heterocycles. The van der Waals surface area contributed by atoms with E-state index in [9.17, 15) is 4.79 Å². The summed E-state index contributed by atoms with van der Waals surface area (Å²) in [5, 5.41) is 0.762. The minimum atomic E-state index is 0.0846. The highest BCUT2D eigenvalue weighted by Gasteiger charge is 2.31. The van der Waals surface area contributed by atoms with Gasteiger partial charge in [0.15, 0.2) is 0 Å². The molecule has 1 aromatic carbocycles. The van der Waals surface area contributed by atoms with Gasteiger partial charge in [0, 0.05) is 68.1 Å². The molecule has 0 aliphatic carbocycles. The van der Waals surface area contributed by atoms with Crippen LogP contribution in [0.1, 0.15) is 18.4 Å². The molecule has 28 heavy (non-hydrogen) atoms. The first-order chi connectivity index (χ1) is 13.6. The molecule has 6 heteroatoms. The summed E-state index contributed by atoms with van der Waals surface area (Å²) in [6.45, 7) is 7.18. The molecule has 2 aliphatic heterocycles. The fourth-order valence-electron chi connectivity index (χ4n) is 4.32. The van der Waals surface area contributed by atoms with Gasteiger partial charge < -0.3 is 14.7 Å². The number of aryl methyl sites for hydroxylation is 1. The van der Waals surface area contributed by atoms with Crippen LogP contribution >= 0.6 is 11.6 Å². The van der Waals surface area contributed by atoms with E-state index < -0.39 is 0 Å². The number of carbonyl (C=O) groups excluding carboxylic acids is 1. The number of piperidine rings is 1. The second-order valence-electron chi connectivity index (χ2n) is 7.73. The number of amides is 1. The SMILES string of the molecule is Cc1ccc(Cl)cc1N1CCN(C(=O)C2CCCN(c3ccncc3)C2)CC1. The standard InChI is InChI=1S/C22H27ClN4O/c1-17-4-5-19(23)15-21(17)25-11-13-26(14-12-25)22(28)18-3-2-10-27(16-18)20-6-8-24-9-7-20/h4-9,15,18H,2-3,10-14,16H2,1H3. The zero-order valence-electron chi connectivity index (χ0n) is 16.4. The molecule has 2 fully saturated rings. The van der Waals surface area contributed by atoms with Crippen molar-refractivity contribution < 1.29 is 4.79 Å². The smallest absolute Gasteiger partial charge is 0.227 e. The highest BCUT2D eigenvalue weighted by molar-refractivity contribution is 6.30. The fraction of sp³-hybridized carbons (Fsp3) is 0.455. The quantitative estimate of drug-likeness (QED) is 0.791. The maximum atomic E-state index is 13.1. The van der Waals surface area contributed by atoms with Gasteiger partial charge in [-0.2, -0.15) is 0 Å². The topological polar surface area (TPSA) is 39.7 Å². The maximum absolute atomic E-state index is 13.1. The summed E-state index contributed by atoms with van der Waals surface area (Å²) in [6.07, 6.45) is 5.67. The lowest BCUT2D eigenvalue weighted by Crippen LogP contribution is -2.52. The molecule has 0 radical (unpaired) electrons. The van der Waals surface area contributed by atoms with E-state index in [1.54, 1.807) is 0 Å². The third kappa shape index (κ3) is 4.09. The van der Waals surface area contributed by atoms with E-state index in [2.05, 4.69) is 32.7 Å². The van der Waals surface area contributed by atoms with E-state index in [0.717, 1.165) is 62.8 Å². The Morgan fingerprint density at radius 2 is 1.79 bits per heavy atom. The van der Waals surface area contributed by atoms with Gasteiger partial charge in [0.25, 0.3) is 0 Å². The zero-order chi connectivity index (χ0) is 19.5. The van der Waals surface area contributed by atoms with Crippen LogP contribution in [0.2, 0.25) is 5.02 Å². The fourth-order valence-corrected chi connectivity index (χ4v) is 4.48. The molecule has 2 aromatic rings. The van der Waals surface area contributed by atoms with E-state index in [1.807, 2.05) is 36.7 Å². The Hall–Kier alpha value is -2.27. The summed E-state index contributed by atoms with van der Waals surface area (Å²) < 4.78 is 0. The van der Waals surface area contributed by atoms with Crippen LogP contribution in [0, 0.1) is 12.8 Å². The number of rotatable bonds is 3. The molecule has 1 amide bonds. The van der Waals surface area contributed by atoms with Crippen molar-refractivity contribution in [3.63, 3.8) is 0 Å². The van der Waals surface area contributed by atoms with Crippen molar-refractivity contribution in [3.05, 3.63) is 53.3 Å². The maximum Gasteiger partial charge on any atom is 0.227 e. The van der Waals surface area contributed by atoms with Crippen molar-refractivity contribution in [3.8, 4) is 0 Å². The number of carbonyl (C=O) groups is 1. The Bertz CT molecular complexity index is 821. The Labute approximate surface area is 171 Å². The van der Waals surface area contributed by atoms with Gasteiger partial charge in [0.2, 0.25) is 5.91 Å². The van der Waals surface area contributed by atoms with Gasteiger partial charge in [-0.1, -0.05) is 17.7 Å². The number of piperazine rings is 1. The largest absolute Gasteiger partial charge is 0.371 e. The summed E-state index contributed by atoms with van der Waals surface area (Å²) in [5.74, 6) is 0.391. The van der Waals surface area contributed by atoms with Crippen LogP contribution < -0.4 is 9.80 Å². The van der Waals surface area contributed by atoms with Gasteiger partial charge in [0.05, 0.1) is 5.92 Å². The van der Waals surface area contributed by atoms with Gasteiger partial charge in [0.1, 0.15) is 0 Å². The number of nitrogens with zero attached hydrogens (tertiary/aromatic N) is 4. The summed E-state index contributed by atoms with van der Waals surface area (Å²) in [6, 6.07) is 10.1. The molecule has 3 heterocycles. The molecule has 2 aliphatic rings. The molecular formula is C22H27ClN4O. The molecule has 148 valence electrons. The molecule has 1 unspecified atom stereocenters. The monoisotopic (exact) mass is 398 g/mol. The van der Waals surface area contributed by atoms with Crippen LogP contribution in [0.4, 0.5) is 11.4 Å². The van der Waals surface area contributed by atoms with Crippen molar-refractivity contribution in [2.75, 3.05) is 49.1 Å². The third-order valence-electron chi connectivity index (χ3n) is 5.90. The first-order valence-electron chi connectivity index (χ1n) is 10.1. The summed E-state index contributed by atoms with van der Waals surface area (Å²) in [5.41, 5.74) is 3.57. The minimum absolute atomic E-state index is 0.0846. The molecule has 0 bridgehead atoms. The number of pyridine rings is 1. The second-order valence-corrected chi connectivity index (χ2v) is 8.17. The van der Waals surface area contributed by atoms with Gasteiger partial charge >= 0.3 is 0 Å². The van der Waals surface area contributed by atoms with Crippen LogP contribution in [0.15, 0.2) is 42.7 Å². The second kappa shape index (κ2) is 8.39. The molecule has 0 saturated carbocycles. The number of halogens is 1. The van der Waals surface area contributed by atoms with Gasteiger partial charge in [-0.3, -0.25) is 9.78 Å². The van der Waals surface area contributed by atoms with E-state index >= 15 is 0 Å². The van der Waals surface area contributed by atoms with Gasteiger partial charge in [-0.05, 0) is 49.6 Å². The summed E-state index contributed by atoms with van der Waals surface area (Å²) >= 11 is 6.18. The van der Waals surface area contributed by atoms with E-state index in [-0.39, 0.29) is 5.92 Å². The van der Waals surface area contributed by atoms with Crippen molar-refractivity contribution in [1.29, 1.82) is 0 Å². The van der Waals surface area contributed by atoms with Crippen LogP contribution in [-0.2, 0) is 4.79 Å². The predicted molar refractivity (Wildman–Crippen MR) is 114 cm³/mol. The third-order valence-corrected chi connectivity index (χ3v) is 6.14. The van der Waals surface area contributed by atoms with Crippen molar-refractivity contribution in [1.82, 2.24) is 9.88 Å². The van der Waals surface area contributed by atoms with E-state index in [0.29, 0.717) is 5.91 Å². The normalized spacial score (nSPS) is 20.4. The van der Waals surface area contributed by atoms with Crippen LogP contribution in [0.25, 0.3) is 0 Å². The number of anilines is 2. The van der Waals surface area contributed by atoms with Crippen LogP contribution in [0.3, 0.4) is 0 Å². The molecule has 0 N–H and O–H groups in total. The average Bonchev–Trinajstić information content (AvgIpc) is 2.76. The Balaban J connectivity index is 1.36. The van der Waals surface area contributed by atoms with Gasteiger partial charge in [-0.25, -0.2) is 0 Å². The Kier molecular flexibility index (Phi) is 5.72. The highest BCUT2D eigenvalue weighted by Crippen LogP contribution is 2.27. The predicted octanol–water partition coefficient (Wildman–Crippen LogP) is 3.61. The molecule has 5 nitrogen and oxygen atoms in total. The molecule has 4 rings (SSSR count). The lowest BCUT2D eigenvalue weighted by atomic mass is 9.95. The minimum Gasteiger partial charge on any atom is -0.371 e. The lowest BCUT2D eigenvalue weighted by molar-refractivity contribution is -0.136. The van der Waals surface area contributed by atoms with Crippen LogP contribution in [-0.4, -0.2) is 55.1 Å². The van der Waals surface area contributed by atoms with E-state index in [1.165, 1.54) is 11.3 Å². The van der Waals surface area contributed by atoms with Crippen molar-refractivity contribution in [2.24, 2.45) is 5.92 Å². The number of benzene rings is 1. The first kappa shape index (κ1) is 19.1. The Morgan fingerprint density at radius 1 is 1.04 bits per heavy atom. The van der Waals surface area contributed by atoms with Gasteiger partial charge in [-0.15, -0.1) is 0 Å². The Morgan fingerprint density at radius 3 is 2.54 bits per heavy atom. The summed E-state index contributed by atoms with van der Waals surface area (Å²) in [7, 11) is 0. The molecular weight excluding hydrogens is 372 g/mol. The molecule has 0 spiro atoms. The number of aromatic nitrogens is 1. The first-order valence-corrected chi connectivity index (χ1v) is 10.4. The van der Waals surface area contributed by atoms with Crippen molar-refractivity contribution in [2.45, 2.75) is 19.8 Å². The van der Waals surface area contributed by atoms with Crippen molar-refractivity contribution >= 4 is 28.9 Å². The highest BCUT2D eigenvalue weighted by atomic mass is 35.5. The average molecular weight is 399 g/mol. The lowest BCUT2D eigenvalue weighted by Gasteiger charge is -2.40. The molecule has 1 aromatic heterocycles. The molecule has 1 atom stereocenters.